The maximum atomic E-state index is 13.6. The Kier molecular flexibility index (Phi) is 5.42. The molecule has 10 heteroatoms. The molecule has 25 heavy (non-hydrogen) atoms. The molecule has 7 nitrogen and oxygen atoms in total. The van der Waals surface area contributed by atoms with Crippen LogP contribution in [-0.4, -0.2) is 50.5 Å². The van der Waals surface area contributed by atoms with Crippen LogP contribution in [0.2, 0.25) is 0 Å². The predicted octanol–water partition coefficient (Wildman–Crippen LogP) is 1.23. The number of nitrogens with one attached hydrogen (secondary N) is 1. The highest BCUT2D eigenvalue weighted by Gasteiger charge is 2.22. The van der Waals surface area contributed by atoms with Crippen LogP contribution >= 0.6 is 11.3 Å². The summed E-state index contributed by atoms with van der Waals surface area (Å²) in [4.78, 5) is 17.7. The van der Waals surface area contributed by atoms with E-state index in [-0.39, 0.29) is 18.1 Å². The van der Waals surface area contributed by atoms with Crippen LogP contribution in [0.5, 0.6) is 0 Å². The zero-order valence-electron chi connectivity index (χ0n) is 13.1. The molecule has 0 radical (unpaired) electrons. The van der Waals surface area contributed by atoms with Crippen molar-refractivity contribution in [3.63, 3.8) is 0 Å². The van der Waals surface area contributed by atoms with Gasteiger partial charge in [0.15, 0.2) is 0 Å². The Labute approximate surface area is 148 Å². The second kappa shape index (κ2) is 7.56. The van der Waals surface area contributed by atoms with E-state index in [0.717, 1.165) is 6.07 Å². The summed E-state index contributed by atoms with van der Waals surface area (Å²) in [7, 11) is -3.99. The average molecular weight is 385 g/mol. The summed E-state index contributed by atoms with van der Waals surface area (Å²) in [5.74, 6) is -1.03. The number of halogens is 1. The van der Waals surface area contributed by atoms with Crippen LogP contribution in [0.1, 0.15) is 15.5 Å². The van der Waals surface area contributed by atoms with E-state index in [9.17, 15) is 17.6 Å². The van der Waals surface area contributed by atoms with E-state index in [1.165, 1.54) is 29.5 Å². The molecule has 2 aromatic rings. The zero-order valence-corrected chi connectivity index (χ0v) is 14.8. The number of ether oxygens (including phenoxy) is 1. The molecule has 1 aliphatic rings. The standard InChI is InChI=1S/C15H16FN3O4S2/c16-11-3-1-2-4-13(11)25(21,22)17-9-14-18-12(10-24-14)15(20)19-5-7-23-8-6-19/h1-4,10,17H,5-9H2. The second-order valence-electron chi connectivity index (χ2n) is 5.29. The van der Waals surface area contributed by atoms with Crippen LogP contribution in [0, 0.1) is 5.82 Å². The molecule has 1 amide bonds. The molecule has 134 valence electrons. The maximum Gasteiger partial charge on any atom is 0.273 e. The van der Waals surface area contributed by atoms with E-state index in [2.05, 4.69) is 9.71 Å². The fourth-order valence-corrected chi connectivity index (χ4v) is 4.18. The predicted molar refractivity (Wildman–Crippen MR) is 89.3 cm³/mol. The van der Waals surface area contributed by atoms with Crippen molar-refractivity contribution in [3.8, 4) is 0 Å². The quantitative estimate of drug-likeness (QED) is 0.836. The van der Waals surface area contributed by atoms with Gasteiger partial charge in [0.05, 0.1) is 19.8 Å². The Balaban J connectivity index is 1.65. The number of carbonyl (C=O) groups excluding carboxylic acids is 1. The Morgan fingerprint density at radius 2 is 2.04 bits per heavy atom. The van der Waals surface area contributed by atoms with Gasteiger partial charge >= 0.3 is 0 Å². The first-order valence-corrected chi connectivity index (χ1v) is 9.89. The molecule has 1 saturated heterocycles. The number of aromatic nitrogens is 1. The number of hydrogen-bond donors (Lipinski definition) is 1. The molecule has 1 aromatic heterocycles. The third-order valence-corrected chi connectivity index (χ3v) is 5.89. The van der Waals surface area contributed by atoms with E-state index in [0.29, 0.717) is 31.3 Å². The average Bonchev–Trinajstić information content (AvgIpc) is 3.09. The van der Waals surface area contributed by atoms with E-state index in [1.54, 1.807) is 10.3 Å². The summed E-state index contributed by atoms with van der Waals surface area (Å²) >= 11 is 1.17. The van der Waals surface area contributed by atoms with Gasteiger partial charge in [0.25, 0.3) is 5.91 Å². The molecule has 1 N–H and O–H groups in total. The van der Waals surface area contributed by atoms with Gasteiger partial charge in [0, 0.05) is 18.5 Å². The van der Waals surface area contributed by atoms with E-state index < -0.39 is 20.7 Å². The Morgan fingerprint density at radius 1 is 1.32 bits per heavy atom. The number of amides is 1. The number of benzene rings is 1. The van der Waals surface area contributed by atoms with Crippen molar-refractivity contribution in [1.29, 1.82) is 0 Å². The monoisotopic (exact) mass is 385 g/mol. The number of rotatable bonds is 5. The van der Waals surface area contributed by atoms with Crippen LogP contribution in [0.25, 0.3) is 0 Å². The van der Waals surface area contributed by atoms with Gasteiger partial charge in [0.2, 0.25) is 10.0 Å². The zero-order chi connectivity index (χ0) is 17.9. The lowest BCUT2D eigenvalue weighted by Crippen LogP contribution is -2.40. The van der Waals surface area contributed by atoms with Gasteiger partial charge < -0.3 is 9.64 Å². The molecule has 0 bridgehead atoms. The lowest BCUT2D eigenvalue weighted by molar-refractivity contribution is 0.0299. The fraction of sp³-hybridized carbons (Fsp3) is 0.333. The van der Waals surface area contributed by atoms with E-state index in [1.807, 2.05) is 0 Å². The smallest absolute Gasteiger partial charge is 0.273 e. The van der Waals surface area contributed by atoms with Crippen LogP contribution in [0.4, 0.5) is 4.39 Å². The SMILES string of the molecule is O=C(c1csc(CNS(=O)(=O)c2ccccc2F)n1)N1CCOCC1. The van der Waals surface area contributed by atoms with Crippen molar-refractivity contribution in [3.05, 3.63) is 46.2 Å². The maximum absolute atomic E-state index is 13.6. The lowest BCUT2D eigenvalue weighted by Gasteiger charge is -2.25. The largest absolute Gasteiger partial charge is 0.378 e. The summed E-state index contributed by atoms with van der Waals surface area (Å²) in [6, 6.07) is 5.13. The van der Waals surface area contributed by atoms with Gasteiger partial charge in [-0.1, -0.05) is 12.1 Å². The normalized spacial score (nSPS) is 15.3. The molecule has 1 fully saturated rings. The van der Waals surface area contributed by atoms with Gasteiger partial charge in [-0.05, 0) is 12.1 Å². The minimum atomic E-state index is -3.99. The van der Waals surface area contributed by atoms with E-state index in [4.69, 9.17) is 4.74 Å². The van der Waals surface area contributed by atoms with Gasteiger partial charge in [-0.15, -0.1) is 11.3 Å². The first kappa shape index (κ1) is 17.9. The highest BCUT2D eigenvalue weighted by atomic mass is 32.2. The first-order valence-electron chi connectivity index (χ1n) is 7.53. The molecule has 0 atom stereocenters. The topological polar surface area (TPSA) is 88.6 Å². The molecule has 1 aliphatic heterocycles. The van der Waals surface area contributed by atoms with Gasteiger partial charge in [0.1, 0.15) is 21.4 Å². The number of morpholine rings is 1. The third kappa shape index (κ3) is 4.21. The number of thiazole rings is 1. The van der Waals surface area contributed by atoms with Crippen molar-refractivity contribution < 1.29 is 22.3 Å². The Bertz CT molecular complexity index is 863. The number of hydrogen-bond acceptors (Lipinski definition) is 6. The van der Waals surface area contributed by atoms with Crippen LogP contribution < -0.4 is 4.72 Å². The molecule has 0 unspecified atom stereocenters. The minimum absolute atomic E-state index is 0.113. The van der Waals surface area contributed by atoms with Gasteiger partial charge in [-0.2, -0.15) is 0 Å². The minimum Gasteiger partial charge on any atom is -0.378 e. The second-order valence-corrected chi connectivity index (χ2v) is 7.96. The van der Waals surface area contributed by atoms with Gasteiger partial charge in [-0.3, -0.25) is 4.79 Å². The molecular formula is C15H16FN3O4S2. The highest BCUT2D eigenvalue weighted by Crippen LogP contribution is 2.16. The van der Waals surface area contributed by atoms with Crippen molar-refractivity contribution in [2.45, 2.75) is 11.4 Å². The van der Waals surface area contributed by atoms with Crippen molar-refractivity contribution in [2.75, 3.05) is 26.3 Å². The molecule has 2 heterocycles. The Hall–Kier alpha value is -1.88. The van der Waals surface area contributed by atoms with Crippen molar-refractivity contribution in [1.82, 2.24) is 14.6 Å². The number of nitrogens with zero attached hydrogens (tertiary/aromatic N) is 2. The van der Waals surface area contributed by atoms with Gasteiger partial charge in [-0.25, -0.2) is 22.5 Å². The fourth-order valence-electron chi connectivity index (χ4n) is 2.32. The third-order valence-electron chi connectivity index (χ3n) is 3.61. The van der Waals surface area contributed by atoms with Crippen LogP contribution in [0.15, 0.2) is 34.5 Å². The van der Waals surface area contributed by atoms with E-state index >= 15 is 0 Å². The molecule has 0 saturated carbocycles. The summed E-state index contributed by atoms with van der Waals surface area (Å²) < 4.78 is 45.4. The molecule has 1 aromatic carbocycles. The number of sulfonamides is 1. The van der Waals surface area contributed by atoms with Crippen molar-refractivity contribution in [2.24, 2.45) is 0 Å². The number of carbonyl (C=O) groups is 1. The van der Waals surface area contributed by atoms with Crippen LogP contribution in [-0.2, 0) is 21.3 Å². The summed E-state index contributed by atoms with van der Waals surface area (Å²) in [5.41, 5.74) is 0.270. The molecule has 3 rings (SSSR count). The first-order chi connectivity index (χ1) is 12.0. The summed E-state index contributed by atoms with van der Waals surface area (Å²) in [6.45, 7) is 1.88. The Morgan fingerprint density at radius 3 is 2.76 bits per heavy atom. The lowest BCUT2D eigenvalue weighted by atomic mass is 10.3. The summed E-state index contributed by atoms with van der Waals surface area (Å²) in [5, 5.41) is 2.02. The summed E-state index contributed by atoms with van der Waals surface area (Å²) in [6.07, 6.45) is 0. The molecular weight excluding hydrogens is 369 g/mol. The van der Waals surface area contributed by atoms with Crippen molar-refractivity contribution >= 4 is 27.3 Å². The highest BCUT2D eigenvalue weighted by molar-refractivity contribution is 7.89. The molecule has 0 aliphatic carbocycles. The molecule has 0 spiro atoms. The van der Waals surface area contributed by atoms with Crippen LogP contribution in [0.3, 0.4) is 0 Å².